The number of fused-ring (bicyclic) bond motifs is 2. The Kier molecular flexibility index (Phi) is 4.28. The number of anilines is 2. The van der Waals surface area contributed by atoms with Gasteiger partial charge in [-0.1, -0.05) is 18.2 Å². The van der Waals surface area contributed by atoms with Gasteiger partial charge in [0.15, 0.2) is 0 Å². The summed E-state index contributed by atoms with van der Waals surface area (Å²) in [5.74, 6) is 0.526. The predicted octanol–water partition coefficient (Wildman–Crippen LogP) is 3.49. The van der Waals surface area contributed by atoms with Crippen LogP contribution in [0.1, 0.15) is 23.1 Å². The van der Waals surface area contributed by atoms with E-state index in [1.807, 2.05) is 36.4 Å². The van der Waals surface area contributed by atoms with Crippen LogP contribution in [-0.2, 0) is 16.1 Å². The van der Waals surface area contributed by atoms with Crippen molar-refractivity contribution in [2.75, 3.05) is 36.8 Å². The highest BCUT2D eigenvalue weighted by atomic mass is 19.1. The summed E-state index contributed by atoms with van der Waals surface area (Å²) in [5.41, 5.74) is 5.35. The van der Waals surface area contributed by atoms with Crippen LogP contribution in [-0.4, -0.2) is 43.2 Å². The average Bonchev–Trinajstić information content (AvgIpc) is 3.37. The number of likely N-dealkylation sites (tertiary alicyclic amines) is 1. The van der Waals surface area contributed by atoms with Gasteiger partial charge in [0.1, 0.15) is 18.5 Å². The fourth-order valence-electron chi connectivity index (χ4n) is 4.17. The van der Waals surface area contributed by atoms with E-state index in [4.69, 9.17) is 4.74 Å². The van der Waals surface area contributed by atoms with Crippen LogP contribution in [0.25, 0.3) is 11.3 Å². The quantitative estimate of drug-likeness (QED) is 0.799. The van der Waals surface area contributed by atoms with Gasteiger partial charge in [0.05, 0.1) is 5.57 Å². The van der Waals surface area contributed by atoms with Crippen LogP contribution in [0.5, 0.6) is 0 Å². The molecule has 1 saturated heterocycles. The number of ether oxygens (including phenoxy) is 1. The fourth-order valence-corrected chi connectivity index (χ4v) is 4.17. The van der Waals surface area contributed by atoms with Crippen molar-refractivity contribution in [1.29, 1.82) is 0 Å². The van der Waals surface area contributed by atoms with Crippen LogP contribution < -0.4 is 10.6 Å². The fraction of sp³-hybridized carbons (Fsp3) is 0.318. The number of amides is 1. The van der Waals surface area contributed by atoms with E-state index in [1.165, 1.54) is 0 Å². The molecule has 1 amide bonds. The average molecular weight is 379 g/mol. The number of carbonyl (C=O) groups excluding carboxylic acids is 1. The molecule has 6 heteroatoms. The summed E-state index contributed by atoms with van der Waals surface area (Å²) >= 11 is 0. The first kappa shape index (κ1) is 17.3. The molecule has 2 N–H and O–H groups in total. The van der Waals surface area contributed by atoms with Gasteiger partial charge in [0.25, 0.3) is 5.91 Å². The van der Waals surface area contributed by atoms with Crippen molar-refractivity contribution in [1.82, 2.24) is 4.90 Å². The molecule has 0 bridgehead atoms. The smallest absolute Gasteiger partial charge is 0.260 e. The molecule has 3 aliphatic rings. The van der Waals surface area contributed by atoms with E-state index in [1.54, 1.807) is 0 Å². The Bertz CT molecular complexity index is 972. The van der Waals surface area contributed by atoms with Gasteiger partial charge >= 0.3 is 0 Å². The first-order valence-electron chi connectivity index (χ1n) is 9.70. The van der Waals surface area contributed by atoms with E-state index < -0.39 is 6.17 Å². The number of halogens is 1. The monoisotopic (exact) mass is 379 g/mol. The molecule has 2 aromatic rings. The number of hydrogen-bond acceptors (Lipinski definition) is 4. The third-order valence-electron chi connectivity index (χ3n) is 5.59. The van der Waals surface area contributed by atoms with Gasteiger partial charge in [0.2, 0.25) is 0 Å². The summed E-state index contributed by atoms with van der Waals surface area (Å²) in [6.45, 7) is 3.44. The molecule has 0 spiro atoms. The SMILES string of the molecule is O=C1Nc2ccccc2/C1=C1\OCc2cc(NCCN3CCC(F)C3)ccc21. The van der Waals surface area contributed by atoms with Crippen LogP contribution in [0.15, 0.2) is 42.5 Å². The Morgan fingerprint density at radius 2 is 2.11 bits per heavy atom. The molecule has 5 rings (SSSR count). The maximum atomic E-state index is 13.3. The number of carbonyl (C=O) groups is 1. The zero-order valence-electron chi connectivity index (χ0n) is 15.5. The van der Waals surface area contributed by atoms with E-state index >= 15 is 0 Å². The third kappa shape index (κ3) is 3.03. The first-order valence-corrected chi connectivity index (χ1v) is 9.70. The maximum Gasteiger partial charge on any atom is 0.260 e. The van der Waals surface area contributed by atoms with E-state index in [2.05, 4.69) is 21.6 Å². The molecule has 1 atom stereocenters. The number of benzene rings is 2. The topological polar surface area (TPSA) is 53.6 Å². The van der Waals surface area contributed by atoms with Crippen molar-refractivity contribution < 1.29 is 13.9 Å². The molecule has 0 aliphatic carbocycles. The molecular weight excluding hydrogens is 357 g/mol. The number of para-hydroxylation sites is 1. The summed E-state index contributed by atoms with van der Waals surface area (Å²) in [6.07, 6.45) is -0.0360. The van der Waals surface area contributed by atoms with Gasteiger partial charge in [-0.2, -0.15) is 0 Å². The summed E-state index contributed by atoms with van der Waals surface area (Å²) in [6, 6.07) is 13.8. The third-order valence-corrected chi connectivity index (χ3v) is 5.59. The minimum Gasteiger partial charge on any atom is -0.487 e. The maximum absolute atomic E-state index is 13.3. The first-order chi connectivity index (χ1) is 13.7. The van der Waals surface area contributed by atoms with Gasteiger partial charge in [-0.25, -0.2) is 4.39 Å². The molecule has 28 heavy (non-hydrogen) atoms. The molecular formula is C22H22FN3O2. The minimum absolute atomic E-state index is 0.122. The van der Waals surface area contributed by atoms with Gasteiger partial charge in [0, 0.05) is 54.2 Å². The highest BCUT2D eigenvalue weighted by Crippen LogP contribution is 2.41. The molecule has 2 aromatic carbocycles. The van der Waals surface area contributed by atoms with Crippen LogP contribution in [0.2, 0.25) is 0 Å². The van der Waals surface area contributed by atoms with E-state index in [9.17, 15) is 9.18 Å². The van der Waals surface area contributed by atoms with Crippen molar-refractivity contribution in [2.45, 2.75) is 19.2 Å². The lowest BCUT2D eigenvalue weighted by Crippen LogP contribution is -2.27. The normalized spacial score (nSPS) is 23.3. The van der Waals surface area contributed by atoms with Gasteiger partial charge in [-0.05, 0) is 30.7 Å². The Morgan fingerprint density at radius 1 is 1.21 bits per heavy atom. The lowest BCUT2D eigenvalue weighted by Gasteiger charge is -2.15. The molecule has 0 aromatic heterocycles. The van der Waals surface area contributed by atoms with Crippen molar-refractivity contribution in [2.24, 2.45) is 0 Å². The molecule has 3 heterocycles. The number of nitrogens with one attached hydrogen (secondary N) is 2. The summed E-state index contributed by atoms with van der Waals surface area (Å²) in [4.78, 5) is 14.6. The molecule has 144 valence electrons. The Hall–Kier alpha value is -2.86. The lowest BCUT2D eigenvalue weighted by molar-refractivity contribution is -0.110. The standard InChI is InChI=1S/C22H22FN3O2/c23-15-7-9-26(12-15)10-8-24-16-5-6-17-14(11-16)13-28-21(17)20-18-3-1-2-4-19(18)25-22(20)27/h1-6,11,15,24H,7-10,12-13H2,(H,25,27)/b21-20+. The number of hydrogen-bond donors (Lipinski definition) is 2. The van der Waals surface area contributed by atoms with Gasteiger partial charge in [-0.3, -0.25) is 9.69 Å². The summed E-state index contributed by atoms with van der Waals surface area (Å²) in [7, 11) is 0. The zero-order valence-corrected chi connectivity index (χ0v) is 15.5. The Balaban J connectivity index is 1.34. The highest BCUT2D eigenvalue weighted by molar-refractivity contribution is 6.36. The second-order valence-electron chi connectivity index (χ2n) is 7.48. The molecule has 0 saturated carbocycles. The van der Waals surface area contributed by atoms with Crippen LogP contribution in [0.4, 0.5) is 15.8 Å². The predicted molar refractivity (Wildman–Crippen MR) is 108 cm³/mol. The van der Waals surface area contributed by atoms with E-state index in [0.29, 0.717) is 30.9 Å². The van der Waals surface area contributed by atoms with Gasteiger partial charge < -0.3 is 15.4 Å². The Labute approximate surface area is 163 Å². The molecule has 3 aliphatic heterocycles. The van der Waals surface area contributed by atoms with E-state index in [0.717, 1.165) is 47.7 Å². The van der Waals surface area contributed by atoms with Crippen molar-refractivity contribution in [3.63, 3.8) is 0 Å². The molecule has 1 fully saturated rings. The van der Waals surface area contributed by atoms with Crippen molar-refractivity contribution in [3.8, 4) is 0 Å². The highest BCUT2D eigenvalue weighted by Gasteiger charge is 2.32. The Morgan fingerprint density at radius 3 is 2.96 bits per heavy atom. The molecule has 0 radical (unpaired) electrons. The summed E-state index contributed by atoms with van der Waals surface area (Å²) in [5, 5.41) is 6.31. The largest absolute Gasteiger partial charge is 0.487 e. The van der Waals surface area contributed by atoms with E-state index in [-0.39, 0.29) is 5.91 Å². The molecule has 5 nitrogen and oxygen atoms in total. The van der Waals surface area contributed by atoms with Crippen LogP contribution in [0, 0.1) is 0 Å². The number of nitrogens with zero attached hydrogens (tertiary/aromatic N) is 1. The second-order valence-corrected chi connectivity index (χ2v) is 7.48. The van der Waals surface area contributed by atoms with Crippen molar-refractivity contribution in [3.05, 3.63) is 59.2 Å². The minimum atomic E-state index is -0.679. The van der Waals surface area contributed by atoms with Gasteiger partial charge in [-0.15, -0.1) is 0 Å². The lowest BCUT2D eigenvalue weighted by atomic mass is 10.0. The zero-order chi connectivity index (χ0) is 19.1. The second kappa shape index (κ2) is 6.95. The number of rotatable bonds is 4. The van der Waals surface area contributed by atoms with Crippen LogP contribution >= 0.6 is 0 Å². The van der Waals surface area contributed by atoms with Crippen molar-refractivity contribution >= 4 is 28.6 Å². The number of alkyl halides is 1. The summed E-state index contributed by atoms with van der Waals surface area (Å²) < 4.78 is 19.2. The van der Waals surface area contributed by atoms with Crippen LogP contribution in [0.3, 0.4) is 0 Å². The molecule has 1 unspecified atom stereocenters.